The second kappa shape index (κ2) is 7.94. The highest BCUT2D eigenvalue weighted by Gasteiger charge is 2.35. The van der Waals surface area contributed by atoms with E-state index in [-0.39, 0.29) is 24.6 Å². The summed E-state index contributed by atoms with van der Waals surface area (Å²) in [5.74, 6) is -0.642. The summed E-state index contributed by atoms with van der Waals surface area (Å²) >= 11 is 0. The van der Waals surface area contributed by atoms with Crippen LogP contribution in [0.3, 0.4) is 0 Å². The van der Waals surface area contributed by atoms with E-state index in [2.05, 4.69) is 12.2 Å². The molecule has 0 amide bonds. The molecule has 0 radical (unpaired) electrons. The monoisotopic (exact) mass is 305 g/mol. The summed E-state index contributed by atoms with van der Waals surface area (Å²) in [5.41, 5.74) is 0.936. The first-order chi connectivity index (χ1) is 10.6. The van der Waals surface area contributed by atoms with Crippen LogP contribution < -0.4 is 5.32 Å². The van der Waals surface area contributed by atoms with Gasteiger partial charge in [-0.3, -0.25) is 14.9 Å². The molecule has 1 fully saturated rings. The van der Waals surface area contributed by atoms with Crippen LogP contribution in [0, 0.1) is 0 Å². The summed E-state index contributed by atoms with van der Waals surface area (Å²) in [6.07, 6.45) is 2.40. The SMILES string of the molecule is CCCC1CC(N[C@@H](C)C(=O)OCc2ccccc2)C(=O)O1. The normalized spacial score (nSPS) is 22.2. The maximum atomic E-state index is 12.0. The standard InChI is InChI=1S/C17H23NO4/c1-3-7-14-10-15(17(20)22-14)18-12(2)16(19)21-11-13-8-5-4-6-9-13/h4-6,8-9,12,14-15,18H,3,7,10-11H2,1-2H3/t12-,14?,15?/m0/s1. The molecule has 3 atom stereocenters. The molecule has 0 bridgehead atoms. The van der Waals surface area contributed by atoms with Gasteiger partial charge in [0.15, 0.2) is 0 Å². The zero-order valence-electron chi connectivity index (χ0n) is 13.1. The number of hydrogen-bond donors (Lipinski definition) is 1. The van der Waals surface area contributed by atoms with Gasteiger partial charge in [0, 0.05) is 6.42 Å². The molecule has 1 aliphatic rings. The van der Waals surface area contributed by atoms with Crippen molar-refractivity contribution >= 4 is 11.9 Å². The van der Waals surface area contributed by atoms with Gasteiger partial charge in [0.05, 0.1) is 0 Å². The lowest BCUT2D eigenvalue weighted by Gasteiger charge is -2.16. The van der Waals surface area contributed by atoms with E-state index in [0.29, 0.717) is 6.42 Å². The quantitative estimate of drug-likeness (QED) is 0.782. The Labute approximate surface area is 131 Å². The molecule has 1 N–H and O–H groups in total. The molecule has 2 rings (SSSR count). The van der Waals surface area contributed by atoms with Gasteiger partial charge in [-0.1, -0.05) is 43.7 Å². The smallest absolute Gasteiger partial charge is 0.323 e. The number of ether oxygens (including phenoxy) is 2. The van der Waals surface area contributed by atoms with Crippen LogP contribution in [0.15, 0.2) is 30.3 Å². The van der Waals surface area contributed by atoms with E-state index in [1.807, 2.05) is 30.3 Å². The molecular formula is C17H23NO4. The zero-order valence-corrected chi connectivity index (χ0v) is 13.1. The predicted molar refractivity (Wildman–Crippen MR) is 82.0 cm³/mol. The molecule has 1 aliphatic heterocycles. The van der Waals surface area contributed by atoms with Gasteiger partial charge >= 0.3 is 11.9 Å². The predicted octanol–water partition coefficient (Wildman–Crippen LogP) is 2.19. The van der Waals surface area contributed by atoms with Crippen LogP contribution in [-0.2, 0) is 25.7 Å². The van der Waals surface area contributed by atoms with Crippen molar-refractivity contribution in [2.24, 2.45) is 0 Å². The summed E-state index contributed by atoms with van der Waals surface area (Å²) in [4.78, 5) is 23.7. The average molecular weight is 305 g/mol. The first-order valence-corrected chi connectivity index (χ1v) is 7.77. The molecule has 5 nitrogen and oxygen atoms in total. The molecule has 1 heterocycles. The number of nitrogens with one attached hydrogen (secondary N) is 1. The zero-order chi connectivity index (χ0) is 15.9. The van der Waals surface area contributed by atoms with Crippen molar-refractivity contribution in [3.8, 4) is 0 Å². The Bertz CT molecular complexity index is 503. The van der Waals surface area contributed by atoms with Crippen LogP contribution in [0.2, 0.25) is 0 Å². The number of benzene rings is 1. The number of carbonyl (C=O) groups excluding carboxylic acids is 2. The van der Waals surface area contributed by atoms with E-state index < -0.39 is 12.1 Å². The third-order valence-corrected chi connectivity index (χ3v) is 3.71. The number of rotatable bonds is 7. The second-order valence-electron chi connectivity index (χ2n) is 5.62. The minimum Gasteiger partial charge on any atom is -0.461 e. The maximum absolute atomic E-state index is 12.0. The average Bonchev–Trinajstić information content (AvgIpc) is 2.86. The van der Waals surface area contributed by atoms with Crippen LogP contribution in [0.1, 0.15) is 38.7 Å². The Morgan fingerprint density at radius 3 is 2.82 bits per heavy atom. The van der Waals surface area contributed by atoms with E-state index in [0.717, 1.165) is 18.4 Å². The van der Waals surface area contributed by atoms with Crippen LogP contribution >= 0.6 is 0 Å². The fourth-order valence-electron chi connectivity index (χ4n) is 2.51. The van der Waals surface area contributed by atoms with E-state index >= 15 is 0 Å². The highest BCUT2D eigenvalue weighted by atomic mass is 16.6. The van der Waals surface area contributed by atoms with E-state index in [4.69, 9.17) is 9.47 Å². The van der Waals surface area contributed by atoms with Gasteiger partial charge in [-0.15, -0.1) is 0 Å². The molecule has 1 saturated heterocycles. The molecule has 0 spiro atoms. The molecule has 22 heavy (non-hydrogen) atoms. The van der Waals surface area contributed by atoms with Gasteiger partial charge in [-0.05, 0) is 18.9 Å². The Hall–Kier alpha value is -1.88. The summed E-state index contributed by atoms with van der Waals surface area (Å²) in [5, 5.41) is 3.00. The Morgan fingerprint density at radius 2 is 2.14 bits per heavy atom. The highest BCUT2D eigenvalue weighted by molar-refractivity contribution is 5.80. The summed E-state index contributed by atoms with van der Waals surface area (Å²) in [6, 6.07) is 8.54. The Kier molecular flexibility index (Phi) is 5.95. The van der Waals surface area contributed by atoms with Crippen LogP contribution in [0.4, 0.5) is 0 Å². The minimum atomic E-state index is -0.540. The molecule has 0 aromatic heterocycles. The molecule has 1 aromatic carbocycles. The fourth-order valence-corrected chi connectivity index (χ4v) is 2.51. The van der Waals surface area contributed by atoms with E-state index in [1.165, 1.54) is 0 Å². The number of hydrogen-bond acceptors (Lipinski definition) is 5. The number of cyclic esters (lactones) is 1. The van der Waals surface area contributed by atoms with E-state index in [1.54, 1.807) is 6.92 Å². The van der Waals surface area contributed by atoms with Crippen molar-refractivity contribution in [2.75, 3.05) is 0 Å². The lowest BCUT2D eigenvalue weighted by atomic mass is 10.1. The van der Waals surface area contributed by atoms with Gasteiger partial charge in [0.25, 0.3) is 0 Å². The topological polar surface area (TPSA) is 64.6 Å². The molecule has 120 valence electrons. The first kappa shape index (κ1) is 16.5. The molecular weight excluding hydrogens is 282 g/mol. The minimum absolute atomic E-state index is 0.0393. The number of esters is 2. The van der Waals surface area contributed by atoms with Crippen molar-refractivity contribution in [1.82, 2.24) is 5.32 Å². The maximum Gasteiger partial charge on any atom is 0.323 e. The van der Waals surface area contributed by atoms with Gasteiger partial charge in [0.1, 0.15) is 24.8 Å². The van der Waals surface area contributed by atoms with Crippen LogP contribution in [-0.4, -0.2) is 30.1 Å². The highest BCUT2D eigenvalue weighted by Crippen LogP contribution is 2.19. The van der Waals surface area contributed by atoms with Crippen molar-refractivity contribution in [3.63, 3.8) is 0 Å². The van der Waals surface area contributed by atoms with Crippen molar-refractivity contribution < 1.29 is 19.1 Å². The van der Waals surface area contributed by atoms with Gasteiger partial charge < -0.3 is 9.47 Å². The first-order valence-electron chi connectivity index (χ1n) is 7.77. The Morgan fingerprint density at radius 1 is 1.41 bits per heavy atom. The third-order valence-electron chi connectivity index (χ3n) is 3.71. The fraction of sp³-hybridized carbons (Fsp3) is 0.529. The summed E-state index contributed by atoms with van der Waals surface area (Å²) in [6.45, 7) is 3.99. The van der Waals surface area contributed by atoms with Crippen LogP contribution in [0.5, 0.6) is 0 Å². The van der Waals surface area contributed by atoms with Gasteiger partial charge in [0.2, 0.25) is 0 Å². The van der Waals surface area contributed by atoms with Gasteiger partial charge in [-0.25, -0.2) is 0 Å². The molecule has 2 unspecified atom stereocenters. The molecule has 5 heteroatoms. The third kappa shape index (κ3) is 4.56. The molecule has 1 aromatic rings. The van der Waals surface area contributed by atoms with Crippen molar-refractivity contribution in [1.29, 1.82) is 0 Å². The lowest BCUT2D eigenvalue weighted by molar-refractivity contribution is -0.148. The van der Waals surface area contributed by atoms with Crippen LogP contribution in [0.25, 0.3) is 0 Å². The molecule has 0 aliphatic carbocycles. The van der Waals surface area contributed by atoms with Crippen molar-refractivity contribution in [3.05, 3.63) is 35.9 Å². The van der Waals surface area contributed by atoms with Gasteiger partial charge in [-0.2, -0.15) is 0 Å². The van der Waals surface area contributed by atoms with E-state index in [9.17, 15) is 9.59 Å². The summed E-state index contributed by atoms with van der Waals surface area (Å²) in [7, 11) is 0. The second-order valence-corrected chi connectivity index (χ2v) is 5.62. The largest absolute Gasteiger partial charge is 0.461 e. The van der Waals surface area contributed by atoms with Crippen molar-refractivity contribution in [2.45, 2.75) is 57.9 Å². The Balaban J connectivity index is 1.78. The summed E-state index contributed by atoms with van der Waals surface area (Å²) < 4.78 is 10.5. The number of carbonyl (C=O) groups is 2. The molecule has 0 saturated carbocycles. The lowest BCUT2D eigenvalue weighted by Crippen LogP contribution is -2.44.